The molecule has 0 unspecified atom stereocenters. The van der Waals surface area contributed by atoms with Gasteiger partial charge in [-0.3, -0.25) is 0 Å². The maximum atomic E-state index is 11.6. The molecule has 0 aliphatic carbocycles. The summed E-state index contributed by atoms with van der Waals surface area (Å²) in [5.74, 6) is -1.49. The SMILES string of the molecule is N#Cc1c(/C=C/C(=O)OC/C=C/c2ccccc2)ccc(O)c1O. The molecule has 0 fully saturated rings. The van der Waals surface area contributed by atoms with Crippen molar-refractivity contribution in [1.29, 1.82) is 5.26 Å². The zero-order valence-electron chi connectivity index (χ0n) is 12.7. The summed E-state index contributed by atoms with van der Waals surface area (Å²) in [6, 6.07) is 14.0. The number of phenolic OH excluding ortho intramolecular Hbond substituents is 2. The van der Waals surface area contributed by atoms with Gasteiger partial charge >= 0.3 is 5.97 Å². The first kappa shape index (κ1) is 16.8. The normalized spacial score (nSPS) is 10.8. The van der Waals surface area contributed by atoms with E-state index < -0.39 is 17.5 Å². The number of rotatable bonds is 5. The van der Waals surface area contributed by atoms with Crippen LogP contribution in [0.1, 0.15) is 16.7 Å². The van der Waals surface area contributed by atoms with E-state index in [1.807, 2.05) is 36.4 Å². The van der Waals surface area contributed by atoms with Crippen molar-refractivity contribution >= 4 is 18.1 Å². The van der Waals surface area contributed by atoms with E-state index in [4.69, 9.17) is 10.00 Å². The number of benzene rings is 2. The van der Waals surface area contributed by atoms with E-state index >= 15 is 0 Å². The highest BCUT2D eigenvalue weighted by Gasteiger charge is 2.10. The van der Waals surface area contributed by atoms with Crippen molar-refractivity contribution in [2.75, 3.05) is 6.61 Å². The van der Waals surface area contributed by atoms with Gasteiger partial charge in [0.25, 0.3) is 0 Å². The van der Waals surface area contributed by atoms with Crippen molar-refractivity contribution in [3.8, 4) is 17.6 Å². The number of nitrogens with zero attached hydrogens (tertiary/aromatic N) is 1. The molecule has 0 spiro atoms. The van der Waals surface area contributed by atoms with Crippen LogP contribution < -0.4 is 0 Å². The predicted octanol–water partition coefficient (Wildman–Crippen LogP) is 3.24. The van der Waals surface area contributed by atoms with Crippen molar-refractivity contribution in [2.45, 2.75) is 0 Å². The van der Waals surface area contributed by atoms with Crippen molar-refractivity contribution in [2.24, 2.45) is 0 Å². The van der Waals surface area contributed by atoms with E-state index in [9.17, 15) is 15.0 Å². The van der Waals surface area contributed by atoms with Gasteiger partial charge in [0.05, 0.1) is 0 Å². The molecule has 2 rings (SSSR count). The van der Waals surface area contributed by atoms with Crippen LogP contribution >= 0.6 is 0 Å². The van der Waals surface area contributed by atoms with Crippen LogP contribution in [0.5, 0.6) is 11.5 Å². The molecule has 2 aromatic rings. The fraction of sp³-hybridized carbons (Fsp3) is 0.0526. The van der Waals surface area contributed by atoms with Crippen LogP contribution in [0.3, 0.4) is 0 Å². The largest absolute Gasteiger partial charge is 0.504 e. The summed E-state index contributed by atoms with van der Waals surface area (Å²) in [4.78, 5) is 11.6. The van der Waals surface area contributed by atoms with E-state index in [-0.39, 0.29) is 12.2 Å². The van der Waals surface area contributed by atoms with E-state index in [2.05, 4.69) is 0 Å². The number of ether oxygens (including phenoxy) is 1. The molecule has 0 atom stereocenters. The van der Waals surface area contributed by atoms with E-state index in [1.165, 1.54) is 18.2 Å². The molecule has 0 amide bonds. The van der Waals surface area contributed by atoms with Crippen molar-refractivity contribution in [3.05, 3.63) is 71.3 Å². The number of aromatic hydroxyl groups is 2. The minimum Gasteiger partial charge on any atom is -0.504 e. The average Bonchev–Trinajstić information content (AvgIpc) is 2.60. The molecule has 0 aliphatic rings. The number of phenols is 2. The van der Waals surface area contributed by atoms with E-state index in [0.29, 0.717) is 5.56 Å². The molecular formula is C19H15NO4. The van der Waals surface area contributed by atoms with Crippen LogP contribution in [0.15, 0.2) is 54.6 Å². The molecule has 2 N–H and O–H groups in total. The maximum Gasteiger partial charge on any atom is 0.331 e. The Kier molecular flexibility index (Phi) is 5.76. The number of hydrogen-bond donors (Lipinski definition) is 2. The number of carbonyl (C=O) groups is 1. The maximum absolute atomic E-state index is 11.6. The summed E-state index contributed by atoms with van der Waals surface area (Å²) in [5, 5.41) is 27.9. The van der Waals surface area contributed by atoms with Gasteiger partial charge in [0.2, 0.25) is 0 Å². The molecule has 5 nitrogen and oxygen atoms in total. The Morgan fingerprint density at radius 1 is 1.12 bits per heavy atom. The molecule has 0 bridgehead atoms. The molecule has 5 heteroatoms. The summed E-state index contributed by atoms with van der Waals surface area (Å²) in [7, 11) is 0. The number of nitriles is 1. The highest BCUT2D eigenvalue weighted by molar-refractivity contribution is 5.88. The second-order valence-corrected chi connectivity index (χ2v) is 4.79. The van der Waals surface area contributed by atoms with Crippen molar-refractivity contribution in [1.82, 2.24) is 0 Å². The summed E-state index contributed by atoms with van der Waals surface area (Å²) < 4.78 is 5.01. The fourth-order valence-electron chi connectivity index (χ4n) is 1.94. The second-order valence-electron chi connectivity index (χ2n) is 4.79. The van der Waals surface area contributed by atoms with Crippen molar-refractivity contribution < 1.29 is 19.7 Å². The Morgan fingerprint density at radius 2 is 1.88 bits per heavy atom. The Bertz CT molecular complexity index is 817. The fourth-order valence-corrected chi connectivity index (χ4v) is 1.94. The Balaban J connectivity index is 1.93. The van der Waals surface area contributed by atoms with Gasteiger partial charge < -0.3 is 14.9 Å². The molecule has 0 saturated heterocycles. The molecule has 24 heavy (non-hydrogen) atoms. The van der Waals surface area contributed by atoms with Gasteiger partial charge in [-0.1, -0.05) is 36.4 Å². The van der Waals surface area contributed by atoms with Gasteiger partial charge in [0, 0.05) is 6.08 Å². The van der Waals surface area contributed by atoms with Gasteiger partial charge in [-0.15, -0.1) is 0 Å². The molecular weight excluding hydrogens is 306 g/mol. The molecule has 0 radical (unpaired) electrons. The quantitative estimate of drug-likeness (QED) is 0.501. The monoisotopic (exact) mass is 321 g/mol. The van der Waals surface area contributed by atoms with Crippen LogP contribution in [0.25, 0.3) is 12.2 Å². The lowest BCUT2D eigenvalue weighted by Gasteiger charge is -2.03. The summed E-state index contributed by atoms with van der Waals surface area (Å²) in [6.45, 7) is 0.115. The Morgan fingerprint density at radius 3 is 2.58 bits per heavy atom. The molecule has 0 saturated carbocycles. The highest BCUT2D eigenvalue weighted by atomic mass is 16.5. The lowest BCUT2D eigenvalue weighted by Crippen LogP contribution is -2.00. The molecule has 0 aliphatic heterocycles. The van der Waals surface area contributed by atoms with Crippen LogP contribution in [-0.4, -0.2) is 22.8 Å². The first-order valence-electron chi connectivity index (χ1n) is 7.13. The third-order valence-electron chi connectivity index (χ3n) is 3.13. The van der Waals surface area contributed by atoms with Gasteiger partial charge in [-0.25, -0.2) is 4.79 Å². The first-order valence-corrected chi connectivity index (χ1v) is 7.13. The minimum atomic E-state index is -0.579. The topological polar surface area (TPSA) is 90.6 Å². The smallest absolute Gasteiger partial charge is 0.331 e. The second kappa shape index (κ2) is 8.20. The average molecular weight is 321 g/mol. The molecule has 0 heterocycles. The van der Waals surface area contributed by atoms with Crippen LogP contribution in [-0.2, 0) is 9.53 Å². The van der Waals surface area contributed by atoms with E-state index in [1.54, 1.807) is 12.1 Å². The van der Waals surface area contributed by atoms with E-state index in [0.717, 1.165) is 11.6 Å². The number of esters is 1. The van der Waals surface area contributed by atoms with Gasteiger partial charge in [-0.2, -0.15) is 5.26 Å². The summed E-state index contributed by atoms with van der Waals surface area (Å²) >= 11 is 0. The number of carbonyl (C=O) groups excluding carboxylic acids is 1. The van der Waals surface area contributed by atoms with Crippen LogP contribution in [0, 0.1) is 11.3 Å². The van der Waals surface area contributed by atoms with Crippen LogP contribution in [0.2, 0.25) is 0 Å². The Labute approximate surface area is 139 Å². The third-order valence-corrected chi connectivity index (χ3v) is 3.13. The first-order chi connectivity index (χ1) is 11.6. The lowest BCUT2D eigenvalue weighted by atomic mass is 10.1. The van der Waals surface area contributed by atoms with Gasteiger partial charge in [-0.05, 0) is 35.4 Å². The zero-order chi connectivity index (χ0) is 17.4. The molecule has 0 aromatic heterocycles. The molecule has 120 valence electrons. The lowest BCUT2D eigenvalue weighted by molar-refractivity contribution is -0.136. The standard InChI is InChI=1S/C19H15NO4/c20-13-16-15(8-10-17(21)19(16)23)9-11-18(22)24-12-4-7-14-5-2-1-3-6-14/h1-11,21,23H,12H2/b7-4+,11-9+. The highest BCUT2D eigenvalue weighted by Crippen LogP contribution is 2.31. The summed E-state index contributed by atoms with van der Waals surface area (Å²) in [5.41, 5.74) is 1.20. The zero-order valence-corrected chi connectivity index (χ0v) is 12.7. The third kappa shape index (κ3) is 4.49. The Hall–Kier alpha value is -3.52. The van der Waals surface area contributed by atoms with Gasteiger partial charge in [0.15, 0.2) is 11.5 Å². The number of hydrogen-bond acceptors (Lipinski definition) is 5. The van der Waals surface area contributed by atoms with Crippen molar-refractivity contribution in [3.63, 3.8) is 0 Å². The predicted molar refractivity (Wildman–Crippen MR) is 90.0 cm³/mol. The minimum absolute atomic E-state index is 0.108. The van der Waals surface area contributed by atoms with Gasteiger partial charge in [0.1, 0.15) is 18.2 Å². The molecule has 2 aromatic carbocycles. The summed E-state index contributed by atoms with van der Waals surface area (Å²) in [6.07, 6.45) is 6.06. The van der Waals surface area contributed by atoms with Crippen LogP contribution in [0.4, 0.5) is 0 Å².